The van der Waals surface area contributed by atoms with Crippen molar-refractivity contribution in [2.75, 3.05) is 31.2 Å². The smallest absolute Gasteiger partial charge is 0.358 e. The van der Waals surface area contributed by atoms with Gasteiger partial charge in [0.15, 0.2) is 11.5 Å². The molecule has 0 aliphatic carbocycles. The van der Waals surface area contributed by atoms with Gasteiger partial charge in [-0.3, -0.25) is 0 Å². The summed E-state index contributed by atoms with van der Waals surface area (Å²) in [5, 5.41) is 8.12. The molecule has 3 rings (SSSR count). The Labute approximate surface area is 160 Å². The molecule has 0 atom stereocenters. The number of anilines is 1. The van der Waals surface area contributed by atoms with Crippen LogP contribution in [0.15, 0.2) is 30.3 Å². The molecule has 1 aliphatic rings. The maximum absolute atomic E-state index is 12.1. The summed E-state index contributed by atoms with van der Waals surface area (Å²) in [7, 11) is 0. The van der Waals surface area contributed by atoms with Crippen LogP contribution in [-0.4, -0.2) is 42.5 Å². The van der Waals surface area contributed by atoms with Crippen molar-refractivity contribution >= 4 is 11.8 Å². The zero-order chi connectivity index (χ0) is 19.2. The molecule has 1 saturated heterocycles. The average molecular weight is 369 g/mol. The molecule has 6 heteroatoms. The molecule has 144 valence electrons. The number of carbonyl (C=O) groups excluding carboxylic acids is 1. The van der Waals surface area contributed by atoms with Crippen molar-refractivity contribution in [1.82, 2.24) is 10.2 Å². The summed E-state index contributed by atoms with van der Waals surface area (Å²) in [6, 6.07) is 9.54. The molecule has 2 aromatic rings. The van der Waals surface area contributed by atoms with Crippen molar-refractivity contribution in [3.63, 3.8) is 0 Å². The van der Waals surface area contributed by atoms with Crippen molar-refractivity contribution in [3.05, 3.63) is 47.2 Å². The molecular formula is C21H27N3O3. The van der Waals surface area contributed by atoms with E-state index in [4.69, 9.17) is 9.47 Å². The molecule has 1 aromatic carbocycles. The maximum atomic E-state index is 12.1. The molecule has 0 spiro atoms. The van der Waals surface area contributed by atoms with Crippen LogP contribution in [-0.2, 0) is 4.74 Å². The molecular weight excluding hydrogens is 342 g/mol. The highest BCUT2D eigenvalue weighted by Crippen LogP contribution is 2.23. The quantitative estimate of drug-likeness (QED) is 0.547. The molecule has 0 amide bonds. The van der Waals surface area contributed by atoms with Gasteiger partial charge in [0, 0.05) is 13.1 Å². The van der Waals surface area contributed by atoms with Crippen molar-refractivity contribution in [3.8, 4) is 5.75 Å². The minimum Gasteiger partial charge on any atom is -0.490 e. The second kappa shape index (κ2) is 8.84. The normalized spacial score (nSPS) is 13.9. The van der Waals surface area contributed by atoms with Crippen molar-refractivity contribution in [2.45, 2.75) is 39.5 Å². The number of ether oxygens (including phenoxy) is 2. The summed E-state index contributed by atoms with van der Waals surface area (Å²) < 4.78 is 10.9. The fraction of sp³-hybridized carbons (Fsp3) is 0.476. The van der Waals surface area contributed by atoms with Crippen LogP contribution in [0.1, 0.15) is 54.2 Å². The number of carbonyl (C=O) groups is 1. The van der Waals surface area contributed by atoms with E-state index in [1.54, 1.807) is 6.07 Å². The van der Waals surface area contributed by atoms with E-state index in [-0.39, 0.29) is 12.3 Å². The predicted octanol–water partition coefficient (Wildman–Crippen LogP) is 3.74. The summed E-state index contributed by atoms with van der Waals surface area (Å²) in [4.78, 5) is 14.2. The van der Waals surface area contributed by atoms with E-state index in [0.29, 0.717) is 12.5 Å². The van der Waals surface area contributed by atoms with E-state index in [0.717, 1.165) is 24.7 Å². The Kier molecular flexibility index (Phi) is 6.27. The number of rotatable bonds is 7. The van der Waals surface area contributed by atoms with Crippen LogP contribution in [0.4, 0.5) is 5.82 Å². The fourth-order valence-corrected chi connectivity index (χ4v) is 3.30. The van der Waals surface area contributed by atoms with Gasteiger partial charge < -0.3 is 14.4 Å². The highest BCUT2D eigenvalue weighted by Gasteiger charge is 2.16. The summed E-state index contributed by atoms with van der Waals surface area (Å²) in [5.41, 5.74) is 2.73. The van der Waals surface area contributed by atoms with E-state index in [2.05, 4.69) is 41.9 Å². The first-order valence-electron chi connectivity index (χ1n) is 9.54. The predicted molar refractivity (Wildman–Crippen MR) is 105 cm³/mol. The zero-order valence-electron chi connectivity index (χ0n) is 16.3. The van der Waals surface area contributed by atoms with E-state index in [1.165, 1.54) is 24.0 Å². The molecule has 6 nitrogen and oxygen atoms in total. The minimum atomic E-state index is -0.481. The van der Waals surface area contributed by atoms with Crippen molar-refractivity contribution in [1.29, 1.82) is 0 Å². The standard InChI is InChI=1S/C21H27N3O3/c1-15(2)18-7-6-17(14-16(18)3)26-12-13-27-21(25)19-8-9-20(23-22-19)24-10-4-5-11-24/h6-9,14-15H,4-5,10-13H2,1-3H3. The second-order valence-electron chi connectivity index (χ2n) is 7.13. The lowest BCUT2D eigenvalue weighted by Gasteiger charge is -2.15. The van der Waals surface area contributed by atoms with Crippen LogP contribution in [0.5, 0.6) is 5.75 Å². The Hall–Kier alpha value is -2.63. The molecule has 2 heterocycles. The Balaban J connectivity index is 1.45. The molecule has 1 fully saturated rings. The number of hydrogen-bond donors (Lipinski definition) is 0. The number of nitrogens with zero attached hydrogens (tertiary/aromatic N) is 3. The van der Waals surface area contributed by atoms with Crippen LogP contribution < -0.4 is 9.64 Å². The van der Waals surface area contributed by atoms with Crippen LogP contribution in [0.3, 0.4) is 0 Å². The lowest BCUT2D eigenvalue weighted by molar-refractivity contribution is 0.0442. The lowest BCUT2D eigenvalue weighted by Crippen LogP contribution is -2.20. The van der Waals surface area contributed by atoms with Crippen LogP contribution >= 0.6 is 0 Å². The van der Waals surface area contributed by atoms with E-state index in [1.807, 2.05) is 18.2 Å². The van der Waals surface area contributed by atoms with Crippen LogP contribution in [0.2, 0.25) is 0 Å². The number of aryl methyl sites for hydroxylation is 1. The SMILES string of the molecule is Cc1cc(OCCOC(=O)c2ccc(N3CCCC3)nn2)ccc1C(C)C. The molecule has 0 saturated carbocycles. The molecule has 0 N–H and O–H groups in total. The van der Waals surface area contributed by atoms with Crippen molar-refractivity contribution < 1.29 is 14.3 Å². The first kappa shape index (κ1) is 19.1. The monoisotopic (exact) mass is 369 g/mol. The molecule has 1 aliphatic heterocycles. The van der Waals surface area contributed by atoms with E-state index < -0.39 is 5.97 Å². The fourth-order valence-electron chi connectivity index (χ4n) is 3.30. The first-order valence-corrected chi connectivity index (χ1v) is 9.54. The Morgan fingerprint density at radius 1 is 1.11 bits per heavy atom. The Morgan fingerprint density at radius 3 is 2.52 bits per heavy atom. The van der Waals surface area contributed by atoms with Crippen LogP contribution in [0.25, 0.3) is 0 Å². The summed E-state index contributed by atoms with van der Waals surface area (Å²) in [6.07, 6.45) is 2.34. The molecule has 0 bridgehead atoms. The second-order valence-corrected chi connectivity index (χ2v) is 7.13. The largest absolute Gasteiger partial charge is 0.490 e. The Morgan fingerprint density at radius 2 is 1.89 bits per heavy atom. The van der Waals surface area contributed by atoms with Gasteiger partial charge in [0.05, 0.1) is 0 Å². The van der Waals surface area contributed by atoms with Crippen LogP contribution in [0, 0.1) is 6.92 Å². The third kappa shape index (κ3) is 4.96. The van der Waals surface area contributed by atoms with Gasteiger partial charge in [-0.25, -0.2) is 4.79 Å². The molecule has 27 heavy (non-hydrogen) atoms. The van der Waals surface area contributed by atoms with Gasteiger partial charge in [0.1, 0.15) is 19.0 Å². The first-order chi connectivity index (χ1) is 13.0. The summed E-state index contributed by atoms with van der Waals surface area (Å²) in [6.45, 7) is 8.87. The topological polar surface area (TPSA) is 64.6 Å². The molecule has 1 aromatic heterocycles. The highest BCUT2D eigenvalue weighted by atomic mass is 16.6. The molecule has 0 unspecified atom stereocenters. The summed E-state index contributed by atoms with van der Waals surface area (Å²) >= 11 is 0. The van der Waals surface area contributed by atoms with Gasteiger partial charge in [0.2, 0.25) is 0 Å². The lowest BCUT2D eigenvalue weighted by atomic mass is 9.98. The number of benzene rings is 1. The molecule has 0 radical (unpaired) electrons. The van der Waals surface area contributed by atoms with Gasteiger partial charge in [0.25, 0.3) is 0 Å². The number of esters is 1. The number of hydrogen-bond acceptors (Lipinski definition) is 6. The van der Waals surface area contributed by atoms with E-state index in [9.17, 15) is 4.79 Å². The van der Waals surface area contributed by atoms with Gasteiger partial charge in [-0.15, -0.1) is 10.2 Å². The van der Waals surface area contributed by atoms with Gasteiger partial charge in [-0.1, -0.05) is 19.9 Å². The van der Waals surface area contributed by atoms with Gasteiger partial charge >= 0.3 is 5.97 Å². The van der Waals surface area contributed by atoms with Gasteiger partial charge in [-0.05, 0) is 61.1 Å². The maximum Gasteiger partial charge on any atom is 0.358 e. The highest BCUT2D eigenvalue weighted by molar-refractivity contribution is 5.87. The van der Waals surface area contributed by atoms with Crippen molar-refractivity contribution in [2.24, 2.45) is 0 Å². The summed E-state index contributed by atoms with van der Waals surface area (Å²) in [5.74, 6) is 1.60. The third-order valence-corrected chi connectivity index (χ3v) is 4.74. The average Bonchev–Trinajstić information content (AvgIpc) is 3.20. The van der Waals surface area contributed by atoms with E-state index >= 15 is 0 Å². The van der Waals surface area contributed by atoms with Gasteiger partial charge in [-0.2, -0.15) is 0 Å². The third-order valence-electron chi connectivity index (χ3n) is 4.74. The Bertz CT molecular complexity index is 769. The zero-order valence-corrected chi connectivity index (χ0v) is 16.3. The number of aromatic nitrogens is 2. The minimum absolute atomic E-state index is 0.166.